The van der Waals surface area contributed by atoms with E-state index >= 15 is 0 Å². The van der Waals surface area contributed by atoms with Gasteiger partial charge in [-0.25, -0.2) is 9.18 Å². The zero-order chi connectivity index (χ0) is 28.1. The molecule has 2 fully saturated rings. The molecular weight excluding hydrogens is 503 g/mol. The third kappa shape index (κ3) is 7.28. The number of anilines is 1. The number of nitrogens with one attached hydrogen (secondary N) is 3. The van der Waals surface area contributed by atoms with Crippen LogP contribution in [0.25, 0.3) is 0 Å². The van der Waals surface area contributed by atoms with Crippen molar-refractivity contribution < 1.29 is 28.4 Å². The van der Waals surface area contributed by atoms with E-state index in [0.717, 1.165) is 31.2 Å². The van der Waals surface area contributed by atoms with Gasteiger partial charge in [0, 0.05) is 35.8 Å². The van der Waals surface area contributed by atoms with E-state index in [1.54, 1.807) is 17.0 Å². The largest absolute Gasteiger partial charge is 0.342 e. The van der Waals surface area contributed by atoms with Crippen LogP contribution in [0.2, 0.25) is 0 Å². The van der Waals surface area contributed by atoms with E-state index in [9.17, 15) is 28.4 Å². The fourth-order valence-electron chi connectivity index (χ4n) is 5.26. The number of carbonyl (C=O) groups is 5. The first-order valence-electron chi connectivity index (χ1n) is 13.2. The van der Waals surface area contributed by atoms with E-state index in [-0.39, 0.29) is 54.1 Å². The van der Waals surface area contributed by atoms with Crippen molar-refractivity contribution in [3.63, 3.8) is 0 Å². The number of ketones is 2. The van der Waals surface area contributed by atoms with Crippen molar-refractivity contribution in [2.75, 3.05) is 18.4 Å². The molecule has 1 saturated carbocycles. The summed E-state index contributed by atoms with van der Waals surface area (Å²) < 4.78 is 13.3. The molecule has 0 unspecified atom stereocenters. The summed E-state index contributed by atoms with van der Waals surface area (Å²) in [5, 5.41) is 8.47. The van der Waals surface area contributed by atoms with Gasteiger partial charge in [0.05, 0.1) is 6.54 Å². The Morgan fingerprint density at radius 3 is 2.26 bits per heavy atom. The van der Waals surface area contributed by atoms with Crippen LogP contribution >= 0.6 is 0 Å². The number of urea groups is 1. The summed E-state index contributed by atoms with van der Waals surface area (Å²) in [6.45, 7) is 3.05. The molecule has 1 heterocycles. The quantitative estimate of drug-likeness (QED) is 0.446. The van der Waals surface area contributed by atoms with Crippen LogP contribution in [0.5, 0.6) is 0 Å². The number of rotatable bonds is 8. The van der Waals surface area contributed by atoms with Crippen molar-refractivity contribution in [3.8, 4) is 0 Å². The molecule has 10 heteroatoms. The van der Waals surface area contributed by atoms with Gasteiger partial charge in [-0.15, -0.1) is 0 Å². The molecule has 1 aliphatic carbocycles. The molecule has 39 heavy (non-hydrogen) atoms. The number of benzene rings is 2. The predicted molar refractivity (Wildman–Crippen MR) is 143 cm³/mol. The summed E-state index contributed by atoms with van der Waals surface area (Å²) in [4.78, 5) is 63.9. The van der Waals surface area contributed by atoms with E-state index < -0.39 is 12.1 Å². The molecule has 0 bridgehead atoms. The summed E-state index contributed by atoms with van der Waals surface area (Å²) in [6, 6.07) is 8.95. The minimum atomic E-state index is -0.737. The van der Waals surface area contributed by atoms with Gasteiger partial charge < -0.3 is 20.9 Å². The summed E-state index contributed by atoms with van der Waals surface area (Å²) >= 11 is 0. The van der Waals surface area contributed by atoms with Crippen LogP contribution in [-0.2, 0) is 16.0 Å². The van der Waals surface area contributed by atoms with Crippen molar-refractivity contribution in [2.24, 2.45) is 5.92 Å². The lowest BCUT2D eigenvalue weighted by Crippen LogP contribution is -2.60. The summed E-state index contributed by atoms with van der Waals surface area (Å²) in [6.07, 6.45) is 3.63. The highest BCUT2D eigenvalue weighted by Crippen LogP contribution is 2.27. The molecular formula is C29H33FN4O5. The zero-order valence-electron chi connectivity index (χ0n) is 22.1. The number of amides is 4. The van der Waals surface area contributed by atoms with Crippen molar-refractivity contribution in [1.29, 1.82) is 0 Å². The Bertz CT molecular complexity index is 1250. The summed E-state index contributed by atoms with van der Waals surface area (Å²) in [5.74, 6) is -1.33. The second kappa shape index (κ2) is 12.2. The average molecular weight is 537 g/mol. The molecule has 0 radical (unpaired) electrons. The smallest absolute Gasteiger partial charge is 0.319 e. The van der Waals surface area contributed by atoms with Gasteiger partial charge in [-0.3, -0.25) is 19.2 Å². The SMILES string of the molecule is CC(=O)c1cc(NC(=O)N[C@@H]2CCCC[C@H]2CN2CC(=O)N[C@@H](Cc3ccc(F)cc3)C2=O)cc(C(C)=O)c1. The van der Waals surface area contributed by atoms with E-state index in [1.807, 2.05) is 0 Å². The topological polar surface area (TPSA) is 125 Å². The molecule has 0 spiro atoms. The molecule has 4 rings (SSSR count). The van der Waals surface area contributed by atoms with Crippen molar-refractivity contribution in [2.45, 2.75) is 58.0 Å². The molecule has 2 aliphatic rings. The molecule has 3 N–H and O–H groups in total. The van der Waals surface area contributed by atoms with Crippen molar-refractivity contribution >= 4 is 35.1 Å². The highest BCUT2D eigenvalue weighted by Gasteiger charge is 2.36. The third-order valence-corrected chi connectivity index (χ3v) is 7.32. The molecule has 9 nitrogen and oxygen atoms in total. The molecule has 2 aromatic carbocycles. The van der Waals surface area contributed by atoms with Crippen molar-refractivity contribution in [1.82, 2.24) is 15.5 Å². The number of hydrogen-bond acceptors (Lipinski definition) is 5. The number of hydrogen-bond donors (Lipinski definition) is 3. The highest BCUT2D eigenvalue weighted by atomic mass is 19.1. The highest BCUT2D eigenvalue weighted by molar-refractivity contribution is 6.02. The maximum atomic E-state index is 13.3. The number of carbonyl (C=O) groups excluding carboxylic acids is 5. The van der Waals surface area contributed by atoms with Gasteiger partial charge in [0.2, 0.25) is 11.8 Å². The second-order valence-corrected chi connectivity index (χ2v) is 10.3. The second-order valence-electron chi connectivity index (χ2n) is 10.3. The molecule has 4 amide bonds. The Morgan fingerprint density at radius 2 is 1.62 bits per heavy atom. The average Bonchev–Trinajstić information content (AvgIpc) is 2.89. The van der Waals surface area contributed by atoms with E-state index in [0.29, 0.717) is 23.4 Å². The number of piperazine rings is 1. The Hall–Kier alpha value is -4.08. The molecule has 1 saturated heterocycles. The normalized spacial score (nSPS) is 21.2. The molecule has 206 valence electrons. The van der Waals surface area contributed by atoms with Crippen LogP contribution in [-0.4, -0.2) is 59.5 Å². The van der Waals surface area contributed by atoms with Crippen LogP contribution in [0.4, 0.5) is 14.9 Å². The van der Waals surface area contributed by atoms with Crippen LogP contribution in [0, 0.1) is 11.7 Å². The number of halogens is 1. The lowest BCUT2D eigenvalue weighted by atomic mass is 9.83. The Kier molecular flexibility index (Phi) is 8.73. The first kappa shape index (κ1) is 27.9. The standard InChI is InChI=1S/C29H33FN4O5/c1-17(35)21-12-22(18(2)36)14-24(13-21)31-29(39)33-25-6-4-3-5-20(25)15-34-16-27(37)32-26(28(34)38)11-19-7-9-23(30)10-8-19/h7-10,12-14,20,25-26H,3-6,11,15-16H2,1-2H3,(H,32,37)(H2,31,33,39)/t20-,25+,26-/m0/s1. The first-order valence-corrected chi connectivity index (χ1v) is 13.2. The Labute approximate surface area is 226 Å². The molecule has 1 aliphatic heterocycles. The number of nitrogens with zero attached hydrogens (tertiary/aromatic N) is 1. The van der Waals surface area contributed by atoms with Gasteiger partial charge >= 0.3 is 6.03 Å². The third-order valence-electron chi connectivity index (χ3n) is 7.32. The van der Waals surface area contributed by atoms with Crippen molar-refractivity contribution in [3.05, 3.63) is 65.0 Å². The molecule has 2 aromatic rings. The maximum Gasteiger partial charge on any atom is 0.319 e. The van der Waals surface area contributed by atoms with Crippen LogP contribution in [0.1, 0.15) is 65.8 Å². The minimum Gasteiger partial charge on any atom is -0.342 e. The van der Waals surface area contributed by atoms with Crippen LogP contribution < -0.4 is 16.0 Å². The fraction of sp³-hybridized carbons (Fsp3) is 0.414. The first-order chi connectivity index (χ1) is 18.6. The van der Waals surface area contributed by atoms with Gasteiger partial charge in [0.15, 0.2) is 11.6 Å². The number of Topliss-reactive ketones (excluding diaryl/α,β-unsaturated/α-hetero) is 2. The minimum absolute atomic E-state index is 0.0536. The van der Waals surface area contributed by atoms with E-state index in [1.165, 1.54) is 44.2 Å². The van der Waals surface area contributed by atoms with Gasteiger partial charge in [-0.1, -0.05) is 25.0 Å². The summed E-state index contributed by atoms with van der Waals surface area (Å²) in [5.41, 5.74) is 1.73. The van der Waals surface area contributed by atoms with Crippen LogP contribution in [0.15, 0.2) is 42.5 Å². The lowest BCUT2D eigenvalue weighted by molar-refractivity contribution is -0.145. The molecule has 0 aromatic heterocycles. The van der Waals surface area contributed by atoms with Gasteiger partial charge in [-0.05, 0) is 68.5 Å². The Balaban J connectivity index is 1.41. The Morgan fingerprint density at radius 1 is 0.974 bits per heavy atom. The predicted octanol–water partition coefficient (Wildman–Crippen LogP) is 3.48. The van der Waals surface area contributed by atoms with E-state index in [4.69, 9.17) is 0 Å². The van der Waals surface area contributed by atoms with Gasteiger partial charge in [0.1, 0.15) is 11.9 Å². The van der Waals surface area contributed by atoms with E-state index in [2.05, 4.69) is 16.0 Å². The van der Waals surface area contributed by atoms with Crippen LogP contribution in [0.3, 0.4) is 0 Å². The lowest BCUT2D eigenvalue weighted by Gasteiger charge is -2.39. The zero-order valence-corrected chi connectivity index (χ0v) is 22.1. The monoisotopic (exact) mass is 536 g/mol. The summed E-state index contributed by atoms with van der Waals surface area (Å²) in [7, 11) is 0. The van der Waals surface area contributed by atoms with Gasteiger partial charge in [-0.2, -0.15) is 0 Å². The fourth-order valence-corrected chi connectivity index (χ4v) is 5.26. The molecule has 3 atom stereocenters. The maximum absolute atomic E-state index is 13.3. The van der Waals surface area contributed by atoms with Gasteiger partial charge in [0.25, 0.3) is 0 Å².